The van der Waals surface area contributed by atoms with Crippen LogP contribution in [0.5, 0.6) is 5.75 Å². The second kappa shape index (κ2) is 17.5. The fourth-order valence-corrected chi connectivity index (χ4v) is 8.00. The Kier molecular flexibility index (Phi) is 11.8. The Hall–Kier alpha value is -6.26. The zero-order valence-electron chi connectivity index (χ0n) is 33.7. The predicted molar refractivity (Wildman–Crippen MR) is 220 cm³/mol. The first-order valence-electron chi connectivity index (χ1n) is 20.1. The number of benzene rings is 4. The molecule has 4 atom stereocenters. The van der Waals surface area contributed by atoms with Gasteiger partial charge in [-0.05, 0) is 80.9 Å². The smallest absolute Gasteiger partial charge is 0.409 e. The van der Waals surface area contributed by atoms with Crippen molar-refractivity contribution >= 4 is 29.2 Å². The van der Waals surface area contributed by atoms with Crippen molar-refractivity contribution in [3.8, 4) is 5.75 Å². The summed E-state index contributed by atoms with van der Waals surface area (Å²) in [6.07, 6.45) is 0.514. The fraction of sp³-hybridized carbons (Fsp3) is 0.364. The lowest BCUT2D eigenvalue weighted by atomic mass is 9.94. The van der Waals surface area contributed by atoms with Gasteiger partial charge >= 0.3 is 12.1 Å². The van der Waals surface area contributed by atoms with E-state index in [2.05, 4.69) is 25.2 Å². The number of urea groups is 1. The van der Waals surface area contributed by atoms with Gasteiger partial charge in [0, 0.05) is 60.9 Å². The normalized spacial score (nSPS) is 21.1. The van der Waals surface area contributed by atoms with Crippen molar-refractivity contribution < 1.29 is 37.3 Å². The van der Waals surface area contributed by atoms with Gasteiger partial charge < -0.3 is 28.7 Å². The summed E-state index contributed by atoms with van der Waals surface area (Å²) < 4.78 is 54.1. The van der Waals surface area contributed by atoms with E-state index in [1.54, 1.807) is 9.80 Å². The number of ether oxygens (including phenoxy) is 4. The number of nitrogens with one attached hydrogen (secondary N) is 1. The maximum atomic E-state index is 15.0. The second-order valence-electron chi connectivity index (χ2n) is 15.4. The standard InChI is InChI=1S/C44H48F2N8O6/c1-30(2)54-40(49-42(55)59-31(3)32-7-5-4-6-8-32)24-53(43(54)56)36-12-10-34(11-13-36)50-19-21-51(22-20-50)35-14-16-37(17-15-35)57-25-41-58-27-44(60-41,26-52-29-47-28-48-52)38-18-9-33(45)23-39(38)46/h4-18,23,28-31,40-41H,19-22,24-27H2,1-3H3,(H,49,55)/t31?,40?,41-,44+/m0/s1. The Morgan fingerprint density at radius 3 is 2.20 bits per heavy atom. The highest BCUT2D eigenvalue weighted by Gasteiger charge is 2.46. The molecule has 0 radical (unpaired) electrons. The van der Waals surface area contributed by atoms with E-state index < -0.39 is 41.9 Å². The summed E-state index contributed by atoms with van der Waals surface area (Å²) in [5.41, 5.74) is 2.68. The lowest BCUT2D eigenvalue weighted by molar-refractivity contribution is -0.117. The van der Waals surface area contributed by atoms with Crippen LogP contribution in [0, 0.1) is 11.6 Å². The number of carbonyl (C=O) groups is 2. The number of amides is 3. The van der Waals surface area contributed by atoms with Crippen LogP contribution in [-0.2, 0) is 26.4 Å². The molecule has 8 rings (SSSR count). The molecular formula is C44H48F2N8O6. The molecule has 0 aliphatic carbocycles. The minimum atomic E-state index is -1.25. The highest BCUT2D eigenvalue weighted by molar-refractivity contribution is 5.95. The molecule has 314 valence electrons. The summed E-state index contributed by atoms with van der Waals surface area (Å²) in [7, 11) is 0. The van der Waals surface area contributed by atoms with E-state index in [1.165, 1.54) is 29.5 Å². The molecule has 3 amide bonds. The van der Waals surface area contributed by atoms with Crippen molar-refractivity contribution in [3.05, 3.63) is 132 Å². The average molecular weight is 823 g/mol. The maximum Gasteiger partial charge on any atom is 0.409 e. The Balaban J connectivity index is 0.821. The van der Waals surface area contributed by atoms with Crippen LogP contribution in [0.3, 0.4) is 0 Å². The lowest BCUT2D eigenvalue weighted by Gasteiger charge is -2.37. The number of rotatable bonds is 13. The number of carbonyl (C=O) groups excluding carboxylic acids is 2. The minimum Gasteiger partial charge on any atom is -0.488 e. The number of alkyl carbamates (subject to hydrolysis) is 1. The van der Waals surface area contributed by atoms with Crippen LogP contribution in [0.25, 0.3) is 0 Å². The van der Waals surface area contributed by atoms with Crippen molar-refractivity contribution in [2.24, 2.45) is 0 Å². The van der Waals surface area contributed by atoms with Gasteiger partial charge in [-0.1, -0.05) is 36.4 Å². The number of nitrogens with zero attached hydrogens (tertiary/aromatic N) is 7. The number of halogens is 2. The summed E-state index contributed by atoms with van der Waals surface area (Å²) in [5.74, 6) is -0.792. The van der Waals surface area contributed by atoms with Gasteiger partial charge in [-0.2, -0.15) is 5.10 Å². The van der Waals surface area contributed by atoms with Gasteiger partial charge in [0.05, 0.1) is 19.7 Å². The molecule has 3 saturated heterocycles. The second-order valence-corrected chi connectivity index (χ2v) is 15.4. The van der Waals surface area contributed by atoms with Crippen LogP contribution in [-0.4, -0.2) is 96.2 Å². The minimum absolute atomic E-state index is 0.0147. The molecule has 4 heterocycles. The van der Waals surface area contributed by atoms with Crippen molar-refractivity contribution in [3.63, 3.8) is 0 Å². The van der Waals surface area contributed by atoms with E-state index in [4.69, 9.17) is 18.9 Å². The van der Waals surface area contributed by atoms with Crippen LogP contribution in [0.2, 0.25) is 0 Å². The third-order valence-electron chi connectivity index (χ3n) is 11.1. The molecule has 14 nitrogen and oxygen atoms in total. The third kappa shape index (κ3) is 8.84. The first kappa shape index (κ1) is 40.5. The topological polar surface area (TPSA) is 127 Å². The molecule has 3 fully saturated rings. The summed E-state index contributed by atoms with van der Waals surface area (Å²) >= 11 is 0. The number of hydrogen-bond acceptors (Lipinski definition) is 10. The maximum absolute atomic E-state index is 15.0. The molecule has 1 N–H and O–H groups in total. The van der Waals surface area contributed by atoms with Crippen LogP contribution < -0.4 is 24.8 Å². The molecule has 3 aliphatic rings. The van der Waals surface area contributed by atoms with Crippen molar-refractivity contribution in [1.82, 2.24) is 25.0 Å². The molecule has 0 bridgehead atoms. The van der Waals surface area contributed by atoms with E-state index in [0.29, 0.717) is 12.3 Å². The van der Waals surface area contributed by atoms with Crippen LogP contribution in [0.1, 0.15) is 38.0 Å². The zero-order chi connectivity index (χ0) is 41.8. The van der Waals surface area contributed by atoms with Gasteiger partial charge in [-0.3, -0.25) is 15.1 Å². The third-order valence-corrected chi connectivity index (χ3v) is 11.1. The van der Waals surface area contributed by atoms with Gasteiger partial charge in [0.25, 0.3) is 0 Å². The highest BCUT2D eigenvalue weighted by Crippen LogP contribution is 2.37. The summed E-state index contributed by atoms with van der Waals surface area (Å²) in [5, 5.41) is 7.05. The highest BCUT2D eigenvalue weighted by atomic mass is 19.1. The molecule has 2 unspecified atom stereocenters. The Morgan fingerprint density at radius 1 is 0.900 bits per heavy atom. The van der Waals surface area contributed by atoms with Gasteiger partial charge in [0.1, 0.15) is 54.5 Å². The van der Waals surface area contributed by atoms with Crippen molar-refractivity contribution in [1.29, 1.82) is 0 Å². The van der Waals surface area contributed by atoms with E-state index in [0.717, 1.165) is 54.9 Å². The monoisotopic (exact) mass is 822 g/mol. The number of hydrogen-bond donors (Lipinski definition) is 1. The zero-order valence-corrected chi connectivity index (χ0v) is 33.7. The molecule has 5 aromatic rings. The Morgan fingerprint density at radius 2 is 1.57 bits per heavy atom. The van der Waals surface area contributed by atoms with Gasteiger partial charge in [0.2, 0.25) is 0 Å². The molecule has 60 heavy (non-hydrogen) atoms. The first-order valence-corrected chi connectivity index (χ1v) is 20.1. The van der Waals surface area contributed by atoms with Crippen molar-refractivity contribution in [2.45, 2.75) is 57.5 Å². The Bertz CT molecular complexity index is 2230. The van der Waals surface area contributed by atoms with E-state index in [1.807, 2.05) is 99.6 Å². The van der Waals surface area contributed by atoms with Gasteiger partial charge in [0.15, 0.2) is 6.29 Å². The lowest BCUT2D eigenvalue weighted by Crippen LogP contribution is -2.49. The quantitative estimate of drug-likeness (QED) is 0.137. The van der Waals surface area contributed by atoms with E-state index >= 15 is 0 Å². The Labute approximate surface area is 347 Å². The fourth-order valence-electron chi connectivity index (χ4n) is 8.00. The first-order chi connectivity index (χ1) is 29.0. The van der Waals surface area contributed by atoms with E-state index in [9.17, 15) is 18.4 Å². The number of aromatic nitrogens is 3. The molecule has 0 spiro atoms. The van der Waals surface area contributed by atoms with Crippen LogP contribution in [0.15, 0.2) is 110 Å². The van der Waals surface area contributed by atoms with Gasteiger partial charge in [-0.15, -0.1) is 0 Å². The predicted octanol–water partition coefficient (Wildman–Crippen LogP) is 6.69. The summed E-state index contributed by atoms with van der Waals surface area (Å²) in [6.45, 7) is 9.37. The average Bonchev–Trinajstić information content (AvgIpc) is 4.00. The largest absolute Gasteiger partial charge is 0.488 e. The molecule has 0 saturated carbocycles. The number of piperazine rings is 1. The number of anilines is 3. The molecule has 1 aromatic heterocycles. The van der Waals surface area contributed by atoms with Crippen LogP contribution >= 0.6 is 0 Å². The molecule has 16 heteroatoms. The molecule has 3 aliphatic heterocycles. The molecular weight excluding hydrogens is 775 g/mol. The summed E-state index contributed by atoms with van der Waals surface area (Å²) in [6, 6.07) is 28.4. The van der Waals surface area contributed by atoms with Crippen molar-refractivity contribution in [2.75, 3.05) is 60.6 Å². The van der Waals surface area contributed by atoms with Crippen LogP contribution in [0.4, 0.5) is 35.4 Å². The van der Waals surface area contributed by atoms with E-state index in [-0.39, 0.29) is 37.4 Å². The SMILES string of the molecule is CC(OC(=O)NC1CN(c2ccc(N3CCN(c4ccc(OC[C@H]5OC[C@](Cn6cncn6)(c6ccc(F)cc6F)O5)cc4)CC3)cc2)C(=O)N1C(C)C)c1ccccc1. The molecule has 4 aromatic carbocycles. The van der Waals surface area contributed by atoms with Gasteiger partial charge in [-0.25, -0.2) is 28.0 Å². The summed E-state index contributed by atoms with van der Waals surface area (Å²) in [4.78, 5) is 38.5.